The fraction of sp³-hybridized carbons (Fsp3) is 0.625. The van der Waals surface area contributed by atoms with Crippen LogP contribution in [0.2, 0.25) is 0 Å². The summed E-state index contributed by atoms with van der Waals surface area (Å²) in [5, 5.41) is 0. The zero-order valence-corrected chi connectivity index (χ0v) is 13.9. The Balaban J connectivity index is 1.83. The molecule has 2 heterocycles. The third-order valence-corrected chi connectivity index (χ3v) is 5.14. The maximum atomic E-state index is 6.52. The highest BCUT2D eigenvalue weighted by molar-refractivity contribution is 9.10. The molecule has 1 unspecified atom stereocenters. The smallest absolute Gasteiger partial charge is 0.125 e. The van der Waals surface area contributed by atoms with Crippen molar-refractivity contribution in [2.24, 2.45) is 5.73 Å². The first-order chi connectivity index (χ1) is 10.1. The van der Waals surface area contributed by atoms with E-state index in [4.69, 9.17) is 19.9 Å². The maximum absolute atomic E-state index is 6.52. The number of rotatable bonds is 4. The number of hydrogen-bond acceptors (Lipinski definition) is 4. The summed E-state index contributed by atoms with van der Waals surface area (Å²) in [5.41, 5.74) is 8.67. The summed E-state index contributed by atoms with van der Waals surface area (Å²) in [4.78, 5) is 0. The van der Waals surface area contributed by atoms with Crippen molar-refractivity contribution in [2.75, 3.05) is 26.9 Å². The van der Waals surface area contributed by atoms with Gasteiger partial charge in [0.15, 0.2) is 0 Å². The molecule has 1 aromatic rings. The van der Waals surface area contributed by atoms with Gasteiger partial charge in [-0.1, -0.05) is 15.9 Å². The zero-order chi connectivity index (χ0) is 14.9. The molecule has 2 aliphatic rings. The van der Waals surface area contributed by atoms with Crippen molar-refractivity contribution in [2.45, 2.75) is 37.3 Å². The Morgan fingerprint density at radius 1 is 1.33 bits per heavy atom. The Kier molecular flexibility index (Phi) is 4.54. The Hall–Kier alpha value is -0.620. The minimum Gasteiger partial charge on any atom is -0.493 e. The van der Waals surface area contributed by atoms with E-state index in [1.807, 2.05) is 0 Å². The minimum atomic E-state index is -0.286. The minimum absolute atomic E-state index is 0.0611. The molecule has 0 spiro atoms. The van der Waals surface area contributed by atoms with Crippen molar-refractivity contribution in [1.82, 2.24) is 0 Å². The second-order valence-corrected chi connectivity index (χ2v) is 6.76. The fourth-order valence-electron chi connectivity index (χ4n) is 3.36. The van der Waals surface area contributed by atoms with Crippen molar-refractivity contribution >= 4 is 15.9 Å². The van der Waals surface area contributed by atoms with Crippen LogP contribution in [0, 0.1) is 0 Å². The van der Waals surface area contributed by atoms with Crippen molar-refractivity contribution in [1.29, 1.82) is 0 Å². The lowest BCUT2D eigenvalue weighted by Gasteiger charge is -2.40. The number of halogens is 1. The number of hydrogen-bond donors (Lipinski definition) is 1. The van der Waals surface area contributed by atoms with Crippen LogP contribution in [0.4, 0.5) is 0 Å². The molecule has 0 aromatic heterocycles. The van der Waals surface area contributed by atoms with Gasteiger partial charge in [0, 0.05) is 50.1 Å². The molecule has 0 aliphatic carbocycles. The number of fused-ring (bicyclic) bond motifs is 1. The lowest BCUT2D eigenvalue weighted by molar-refractivity contribution is -0.103. The van der Waals surface area contributed by atoms with E-state index in [2.05, 4.69) is 28.1 Å². The molecule has 5 heteroatoms. The SMILES string of the molecule is COC1(C(N)Cc2cc(Br)cc3c2OCC3)CCOCC1. The second-order valence-electron chi connectivity index (χ2n) is 5.84. The molecular formula is C16H22BrNO3. The topological polar surface area (TPSA) is 53.7 Å². The molecule has 1 atom stereocenters. The zero-order valence-electron chi connectivity index (χ0n) is 12.4. The van der Waals surface area contributed by atoms with Gasteiger partial charge in [0.2, 0.25) is 0 Å². The van der Waals surface area contributed by atoms with Gasteiger partial charge in [-0.15, -0.1) is 0 Å². The fourth-order valence-corrected chi connectivity index (χ4v) is 3.92. The van der Waals surface area contributed by atoms with Crippen LogP contribution >= 0.6 is 15.9 Å². The Bertz CT molecular complexity index is 514. The molecule has 1 saturated heterocycles. The summed E-state index contributed by atoms with van der Waals surface area (Å²) in [6.45, 7) is 2.19. The van der Waals surface area contributed by atoms with Crippen LogP contribution in [0.25, 0.3) is 0 Å². The molecule has 116 valence electrons. The van der Waals surface area contributed by atoms with Gasteiger partial charge in [-0.3, -0.25) is 0 Å². The van der Waals surface area contributed by atoms with E-state index >= 15 is 0 Å². The van der Waals surface area contributed by atoms with Gasteiger partial charge >= 0.3 is 0 Å². The van der Waals surface area contributed by atoms with Crippen LogP contribution < -0.4 is 10.5 Å². The van der Waals surface area contributed by atoms with Crippen LogP contribution in [0.1, 0.15) is 24.0 Å². The predicted octanol–water partition coefficient (Wildman–Crippen LogP) is 2.45. The van der Waals surface area contributed by atoms with Crippen LogP contribution in [-0.4, -0.2) is 38.6 Å². The largest absolute Gasteiger partial charge is 0.493 e. The van der Waals surface area contributed by atoms with Gasteiger partial charge in [-0.25, -0.2) is 0 Å². The Morgan fingerprint density at radius 3 is 2.81 bits per heavy atom. The van der Waals surface area contributed by atoms with Crippen molar-refractivity contribution in [3.05, 3.63) is 27.7 Å². The number of methoxy groups -OCH3 is 1. The summed E-state index contributed by atoms with van der Waals surface area (Å²) >= 11 is 3.58. The highest BCUT2D eigenvalue weighted by atomic mass is 79.9. The third-order valence-electron chi connectivity index (χ3n) is 4.69. The highest BCUT2D eigenvalue weighted by Gasteiger charge is 2.39. The van der Waals surface area contributed by atoms with Gasteiger partial charge in [0.1, 0.15) is 5.75 Å². The number of ether oxygens (including phenoxy) is 3. The standard InChI is InChI=1S/C16H22BrNO3/c1-19-16(3-6-20-7-4-16)14(18)10-12-9-13(17)8-11-2-5-21-15(11)12/h8-9,14H,2-7,10,18H2,1H3. The predicted molar refractivity (Wildman–Crippen MR) is 84.8 cm³/mol. The maximum Gasteiger partial charge on any atom is 0.125 e. The molecule has 1 fully saturated rings. The molecule has 2 N–H and O–H groups in total. The monoisotopic (exact) mass is 355 g/mol. The highest BCUT2D eigenvalue weighted by Crippen LogP contribution is 2.36. The van der Waals surface area contributed by atoms with Gasteiger partial charge < -0.3 is 19.9 Å². The van der Waals surface area contributed by atoms with Crippen molar-refractivity contribution in [3.63, 3.8) is 0 Å². The molecule has 0 bridgehead atoms. The lowest BCUT2D eigenvalue weighted by Crippen LogP contribution is -2.53. The Labute approximate surface area is 134 Å². The summed E-state index contributed by atoms with van der Waals surface area (Å²) in [6.07, 6.45) is 3.43. The molecule has 0 amide bonds. The van der Waals surface area contributed by atoms with Gasteiger partial charge in [-0.05, 0) is 29.7 Å². The molecule has 4 nitrogen and oxygen atoms in total. The molecule has 1 aromatic carbocycles. The van der Waals surface area contributed by atoms with Crippen molar-refractivity contribution in [3.8, 4) is 5.75 Å². The quantitative estimate of drug-likeness (QED) is 0.901. The first-order valence-corrected chi connectivity index (χ1v) is 8.26. The third kappa shape index (κ3) is 2.97. The van der Waals surface area contributed by atoms with Crippen molar-refractivity contribution < 1.29 is 14.2 Å². The number of benzene rings is 1. The normalized spacial score (nSPS) is 21.7. The molecule has 2 aliphatic heterocycles. The molecule has 21 heavy (non-hydrogen) atoms. The molecule has 3 rings (SSSR count). The lowest BCUT2D eigenvalue weighted by atomic mass is 9.83. The summed E-state index contributed by atoms with van der Waals surface area (Å²) < 4.78 is 18.1. The van der Waals surface area contributed by atoms with Gasteiger partial charge in [0.25, 0.3) is 0 Å². The second kappa shape index (κ2) is 6.24. The average Bonchev–Trinajstić information content (AvgIpc) is 2.96. The van der Waals surface area contributed by atoms with E-state index < -0.39 is 0 Å². The van der Waals surface area contributed by atoms with Crippen LogP contribution in [0.5, 0.6) is 5.75 Å². The molecule has 0 radical (unpaired) electrons. The average molecular weight is 356 g/mol. The van der Waals surface area contributed by atoms with E-state index in [1.165, 1.54) is 11.1 Å². The molecule has 0 saturated carbocycles. The van der Waals surface area contributed by atoms with E-state index in [0.717, 1.165) is 42.5 Å². The first kappa shape index (κ1) is 15.3. The van der Waals surface area contributed by atoms with E-state index in [-0.39, 0.29) is 11.6 Å². The van der Waals surface area contributed by atoms with E-state index in [1.54, 1.807) is 7.11 Å². The Morgan fingerprint density at radius 2 is 2.10 bits per heavy atom. The summed E-state index contributed by atoms with van der Waals surface area (Å²) in [5.74, 6) is 1.02. The van der Waals surface area contributed by atoms with Gasteiger partial charge in [-0.2, -0.15) is 0 Å². The summed E-state index contributed by atoms with van der Waals surface area (Å²) in [6, 6.07) is 4.19. The van der Waals surface area contributed by atoms with Crippen LogP contribution in [0.15, 0.2) is 16.6 Å². The van der Waals surface area contributed by atoms with Crippen LogP contribution in [-0.2, 0) is 22.3 Å². The molecular weight excluding hydrogens is 334 g/mol. The summed E-state index contributed by atoms with van der Waals surface area (Å²) in [7, 11) is 1.76. The number of nitrogens with two attached hydrogens (primary N) is 1. The van der Waals surface area contributed by atoms with E-state index in [9.17, 15) is 0 Å². The van der Waals surface area contributed by atoms with E-state index in [0.29, 0.717) is 13.2 Å². The van der Waals surface area contributed by atoms with Gasteiger partial charge in [0.05, 0.1) is 12.2 Å². The first-order valence-electron chi connectivity index (χ1n) is 7.47. The van der Waals surface area contributed by atoms with Crippen LogP contribution in [0.3, 0.4) is 0 Å².